The molecule has 0 saturated carbocycles. The fourth-order valence-corrected chi connectivity index (χ4v) is 1.95. The molecular weight excluding hydrogens is 252 g/mol. The molecule has 0 spiro atoms. The highest BCUT2D eigenvalue weighted by molar-refractivity contribution is 5.58. The van der Waals surface area contributed by atoms with E-state index in [1.165, 1.54) is 6.42 Å². The van der Waals surface area contributed by atoms with Crippen LogP contribution in [0.1, 0.15) is 38.7 Å². The summed E-state index contributed by atoms with van der Waals surface area (Å²) in [5, 5.41) is 0. The zero-order chi connectivity index (χ0) is 14.8. The van der Waals surface area contributed by atoms with E-state index in [-0.39, 0.29) is 6.10 Å². The average Bonchev–Trinajstić information content (AvgIpc) is 2.49. The van der Waals surface area contributed by atoms with Crippen LogP contribution in [0.25, 0.3) is 5.76 Å². The average molecular weight is 278 g/mol. The maximum atomic E-state index is 5.83. The van der Waals surface area contributed by atoms with Gasteiger partial charge in [0, 0.05) is 12.2 Å². The third-order valence-corrected chi connectivity index (χ3v) is 3.12. The number of hydrogen-bond donors (Lipinski definition) is 0. The molecule has 1 aromatic rings. The Kier molecular flexibility index (Phi) is 7.81. The highest BCUT2D eigenvalue weighted by atomic mass is 16.5. The van der Waals surface area contributed by atoms with E-state index in [4.69, 9.17) is 14.2 Å². The van der Waals surface area contributed by atoms with E-state index in [2.05, 4.69) is 13.5 Å². The summed E-state index contributed by atoms with van der Waals surface area (Å²) >= 11 is 0. The summed E-state index contributed by atoms with van der Waals surface area (Å²) < 4.78 is 16.7. The lowest BCUT2D eigenvalue weighted by Crippen LogP contribution is -2.21. The van der Waals surface area contributed by atoms with E-state index < -0.39 is 0 Å². The standard InChI is InChI=1S/C17H26O3/c1-5-7-10-17(19-6-2)13-20-16-11-8-9-15(12-16)14(3)18-4/h8-9,11-12,17H,3,5-7,10,13H2,1-2,4H3. The zero-order valence-electron chi connectivity index (χ0n) is 12.9. The maximum absolute atomic E-state index is 5.83. The minimum Gasteiger partial charge on any atom is -0.497 e. The molecular formula is C17H26O3. The molecule has 3 nitrogen and oxygen atoms in total. The molecule has 3 heteroatoms. The van der Waals surface area contributed by atoms with Crippen molar-refractivity contribution in [3.05, 3.63) is 36.4 Å². The van der Waals surface area contributed by atoms with Gasteiger partial charge in [-0.25, -0.2) is 0 Å². The largest absolute Gasteiger partial charge is 0.497 e. The van der Waals surface area contributed by atoms with Crippen molar-refractivity contribution in [3.63, 3.8) is 0 Å². The summed E-state index contributed by atoms with van der Waals surface area (Å²) in [6.07, 6.45) is 3.53. The number of benzene rings is 1. The molecule has 0 aromatic heterocycles. The Labute approximate surface area is 122 Å². The quantitative estimate of drug-likeness (QED) is 0.598. The molecule has 0 heterocycles. The number of unbranched alkanes of at least 4 members (excludes halogenated alkanes) is 1. The molecule has 1 aromatic carbocycles. The third kappa shape index (κ3) is 5.66. The SMILES string of the molecule is C=C(OC)c1cccc(OCC(CCCC)OCC)c1. The first kappa shape index (κ1) is 16.6. The second-order valence-corrected chi connectivity index (χ2v) is 4.69. The fourth-order valence-electron chi connectivity index (χ4n) is 1.95. The first-order valence-electron chi connectivity index (χ1n) is 7.29. The van der Waals surface area contributed by atoms with Gasteiger partial charge in [0.15, 0.2) is 0 Å². The molecule has 0 fully saturated rings. The smallest absolute Gasteiger partial charge is 0.120 e. The minimum absolute atomic E-state index is 0.161. The Morgan fingerprint density at radius 3 is 2.75 bits per heavy atom. The van der Waals surface area contributed by atoms with Gasteiger partial charge in [0.1, 0.15) is 18.1 Å². The summed E-state index contributed by atoms with van der Waals surface area (Å²) in [7, 11) is 1.62. The van der Waals surface area contributed by atoms with Gasteiger partial charge in [-0.3, -0.25) is 0 Å². The van der Waals surface area contributed by atoms with Crippen molar-refractivity contribution in [3.8, 4) is 5.75 Å². The molecule has 0 saturated heterocycles. The summed E-state index contributed by atoms with van der Waals surface area (Å²) in [6, 6.07) is 7.77. The van der Waals surface area contributed by atoms with Gasteiger partial charge in [-0.15, -0.1) is 0 Å². The normalized spacial score (nSPS) is 11.9. The van der Waals surface area contributed by atoms with Crippen molar-refractivity contribution in [2.24, 2.45) is 0 Å². The van der Waals surface area contributed by atoms with Crippen molar-refractivity contribution < 1.29 is 14.2 Å². The van der Waals surface area contributed by atoms with Crippen molar-refractivity contribution in [2.75, 3.05) is 20.3 Å². The van der Waals surface area contributed by atoms with Crippen molar-refractivity contribution in [2.45, 2.75) is 39.2 Å². The molecule has 0 N–H and O–H groups in total. The van der Waals surface area contributed by atoms with Crippen molar-refractivity contribution in [1.82, 2.24) is 0 Å². The molecule has 1 rings (SSSR count). The van der Waals surface area contributed by atoms with E-state index in [9.17, 15) is 0 Å². The molecule has 0 aliphatic heterocycles. The maximum Gasteiger partial charge on any atom is 0.120 e. The molecule has 0 amide bonds. The Balaban J connectivity index is 2.56. The minimum atomic E-state index is 0.161. The van der Waals surface area contributed by atoms with Gasteiger partial charge in [0.2, 0.25) is 0 Å². The first-order valence-corrected chi connectivity index (χ1v) is 7.29. The predicted molar refractivity (Wildman–Crippen MR) is 82.9 cm³/mol. The lowest BCUT2D eigenvalue weighted by atomic mass is 10.1. The van der Waals surface area contributed by atoms with Gasteiger partial charge in [0.25, 0.3) is 0 Å². The number of methoxy groups -OCH3 is 1. The van der Waals surface area contributed by atoms with Gasteiger partial charge >= 0.3 is 0 Å². The highest BCUT2D eigenvalue weighted by Gasteiger charge is 2.09. The molecule has 1 atom stereocenters. The van der Waals surface area contributed by atoms with E-state index >= 15 is 0 Å². The van der Waals surface area contributed by atoms with Crippen LogP contribution in [0.2, 0.25) is 0 Å². The Hall–Kier alpha value is -1.48. The van der Waals surface area contributed by atoms with E-state index in [1.54, 1.807) is 7.11 Å². The second-order valence-electron chi connectivity index (χ2n) is 4.69. The van der Waals surface area contributed by atoms with E-state index in [1.807, 2.05) is 31.2 Å². The first-order chi connectivity index (χ1) is 9.71. The topological polar surface area (TPSA) is 27.7 Å². The van der Waals surface area contributed by atoms with Crippen LogP contribution in [0.5, 0.6) is 5.75 Å². The Morgan fingerprint density at radius 1 is 1.30 bits per heavy atom. The summed E-state index contributed by atoms with van der Waals surface area (Å²) in [5.41, 5.74) is 0.937. The van der Waals surface area contributed by atoms with Gasteiger partial charge in [-0.1, -0.05) is 38.5 Å². The molecule has 0 radical (unpaired) electrons. The summed E-state index contributed by atoms with van der Waals surface area (Å²) in [4.78, 5) is 0. The van der Waals surface area contributed by atoms with Gasteiger partial charge < -0.3 is 14.2 Å². The van der Waals surface area contributed by atoms with Crippen LogP contribution in [0, 0.1) is 0 Å². The van der Waals surface area contributed by atoms with Gasteiger partial charge in [0.05, 0.1) is 13.2 Å². The van der Waals surface area contributed by atoms with Crippen LogP contribution in [0.15, 0.2) is 30.8 Å². The number of ether oxygens (including phenoxy) is 3. The molecule has 1 unspecified atom stereocenters. The van der Waals surface area contributed by atoms with Gasteiger partial charge in [-0.2, -0.15) is 0 Å². The van der Waals surface area contributed by atoms with E-state index in [0.717, 1.165) is 30.8 Å². The highest BCUT2D eigenvalue weighted by Crippen LogP contribution is 2.20. The Bertz CT molecular complexity index is 401. The number of rotatable bonds is 10. The fraction of sp³-hybridized carbons (Fsp3) is 0.529. The van der Waals surface area contributed by atoms with Gasteiger partial charge in [-0.05, 0) is 25.5 Å². The molecule has 0 bridgehead atoms. The number of hydrogen-bond acceptors (Lipinski definition) is 3. The predicted octanol–water partition coefficient (Wildman–Crippen LogP) is 4.28. The van der Waals surface area contributed by atoms with Crippen molar-refractivity contribution >= 4 is 5.76 Å². The monoisotopic (exact) mass is 278 g/mol. The molecule has 112 valence electrons. The summed E-state index contributed by atoms with van der Waals surface area (Å²) in [5.74, 6) is 1.46. The van der Waals surface area contributed by atoms with Crippen LogP contribution >= 0.6 is 0 Å². The van der Waals surface area contributed by atoms with Crippen LogP contribution in [0.3, 0.4) is 0 Å². The molecule has 0 aliphatic rings. The van der Waals surface area contributed by atoms with Crippen LogP contribution in [-0.2, 0) is 9.47 Å². The van der Waals surface area contributed by atoms with Crippen LogP contribution in [0.4, 0.5) is 0 Å². The second kappa shape index (κ2) is 9.43. The lowest BCUT2D eigenvalue weighted by molar-refractivity contribution is 0.0212. The Morgan fingerprint density at radius 2 is 2.10 bits per heavy atom. The summed E-state index contributed by atoms with van der Waals surface area (Å²) in [6.45, 7) is 9.35. The molecule has 20 heavy (non-hydrogen) atoms. The van der Waals surface area contributed by atoms with Crippen molar-refractivity contribution in [1.29, 1.82) is 0 Å². The van der Waals surface area contributed by atoms with Crippen LogP contribution < -0.4 is 4.74 Å². The van der Waals surface area contributed by atoms with Crippen LogP contribution in [-0.4, -0.2) is 26.4 Å². The zero-order valence-corrected chi connectivity index (χ0v) is 12.9. The molecule has 0 aliphatic carbocycles. The van der Waals surface area contributed by atoms with E-state index in [0.29, 0.717) is 12.4 Å². The lowest BCUT2D eigenvalue weighted by Gasteiger charge is -2.18. The third-order valence-electron chi connectivity index (χ3n) is 3.12.